The average molecular weight is 688 g/mol. The van der Waals surface area contributed by atoms with Gasteiger partial charge in [0, 0.05) is 16.6 Å². The van der Waals surface area contributed by atoms with Crippen LogP contribution >= 0.6 is 0 Å². The number of hydrogen-bond acceptors (Lipinski definition) is 2. The molecule has 8 rings (SSSR count). The minimum absolute atomic E-state index is 0.629. The first kappa shape index (κ1) is 35.0. The molecule has 1 aliphatic carbocycles. The second kappa shape index (κ2) is 16.7. The number of aliphatic imine (C=N–C) groups is 1. The van der Waals surface area contributed by atoms with Gasteiger partial charge in [0.15, 0.2) is 0 Å². The number of benzene rings is 6. The Morgan fingerprint density at radius 3 is 2.25 bits per heavy atom. The van der Waals surface area contributed by atoms with Crippen molar-refractivity contribution in [2.45, 2.75) is 33.2 Å². The summed E-state index contributed by atoms with van der Waals surface area (Å²) in [6, 6.07) is 55.7. The summed E-state index contributed by atoms with van der Waals surface area (Å²) in [4.78, 5) is 5.02. The number of allylic oxidation sites excluding steroid dienone is 2. The molecule has 6 aromatic carbocycles. The Morgan fingerprint density at radius 2 is 1.43 bits per heavy atom. The van der Waals surface area contributed by atoms with Crippen LogP contribution in [0, 0.1) is 0 Å². The minimum atomic E-state index is 0.629. The first-order valence-corrected chi connectivity index (χ1v) is 18.6. The number of nitrogens with zero attached hydrogens (tertiary/aromatic N) is 3. The van der Waals surface area contributed by atoms with Crippen molar-refractivity contribution in [3.63, 3.8) is 0 Å². The zero-order valence-corrected chi connectivity index (χ0v) is 30.6. The van der Waals surface area contributed by atoms with E-state index >= 15 is 0 Å². The molecule has 260 valence electrons. The fourth-order valence-electron chi connectivity index (χ4n) is 7.02. The smallest absolute Gasteiger partial charge is 0.0712 e. The summed E-state index contributed by atoms with van der Waals surface area (Å²) in [5, 5.41) is 3.64. The molecule has 1 aromatic heterocycles. The van der Waals surface area contributed by atoms with Crippen molar-refractivity contribution in [3.8, 4) is 11.1 Å². The highest BCUT2D eigenvalue weighted by atomic mass is 15.6. The third kappa shape index (κ3) is 7.61. The molecule has 0 bridgehead atoms. The topological polar surface area (TPSA) is 20.5 Å². The maximum absolute atomic E-state index is 5.02. The highest BCUT2D eigenvalue weighted by Crippen LogP contribution is 2.39. The van der Waals surface area contributed by atoms with E-state index in [9.17, 15) is 0 Å². The van der Waals surface area contributed by atoms with E-state index in [1.807, 2.05) is 32.1 Å². The van der Waals surface area contributed by atoms with Crippen molar-refractivity contribution in [1.29, 1.82) is 0 Å². The molecule has 0 saturated carbocycles. The molecule has 1 aliphatic rings. The molecule has 3 heteroatoms. The van der Waals surface area contributed by atoms with Crippen molar-refractivity contribution >= 4 is 46.2 Å². The van der Waals surface area contributed by atoms with Crippen molar-refractivity contribution in [2.24, 2.45) is 4.99 Å². The standard InChI is InChI=1S/C48H39N3.C2H6/c1-2-38-20-9-12-28-46(38)50(51-47-29-13-10-26-43(47)44-27-11-14-30-48(44)51)42-25-16-24-41(34-42)40-23-15-19-36(33-40)31-32-45(39-21-7-4-8-22-39)49-35-37-17-5-3-6-18-37;1-2/h2-13,15-29,31-34H,1,14,30,35H2;1-2H3/b32-31+,49-45?;. The van der Waals surface area contributed by atoms with Gasteiger partial charge in [0.05, 0.1) is 29.1 Å². The molecule has 0 saturated heterocycles. The molecular weight excluding hydrogens is 643 g/mol. The highest BCUT2D eigenvalue weighted by molar-refractivity contribution is 6.10. The molecule has 3 nitrogen and oxygen atoms in total. The first-order chi connectivity index (χ1) is 26.3. The monoisotopic (exact) mass is 687 g/mol. The second-order valence-electron chi connectivity index (χ2n) is 12.8. The SMILES string of the molecule is C=Cc1ccccc1N(c1cccc(-c2cccc(/C=C/C(=NCc3ccccc3)c3ccccc3)c2)c1)n1c2c(c3ccccc31)C=CCC2.CC. The summed E-state index contributed by atoms with van der Waals surface area (Å²) in [5.41, 5.74) is 13.7. The molecule has 0 atom stereocenters. The van der Waals surface area contributed by atoms with Crippen LogP contribution in [-0.4, -0.2) is 10.4 Å². The Bertz CT molecular complexity index is 2410. The maximum atomic E-state index is 5.02. The second-order valence-corrected chi connectivity index (χ2v) is 12.8. The van der Waals surface area contributed by atoms with Crippen molar-refractivity contribution in [2.75, 3.05) is 5.01 Å². The molecule has 0 amide bonds. The van der Waals surface area contributed by atoms with E-state index < -0.39 is 0 Å². The van der Waals surface area contributed by atoms with Crippen LogP contribution in [0.2, 0.25) is 0 Å². The molecule has 0 unspecified atom stereocenters. The number of fused-ring (bicyclic) bond motifs is 3. The van der Waals surface area contributed by atoms with Crippen LogP contribution in [0.25, 0.3) is 40.3 Å². The van der Waals surface area contributed by atoms with Gasteiger partial charge in [0.25, 0.3) is 0 Å². The number of rotatable bonds is 10. The lowest BCUT2D eigenvalue weighted by molar-refractivity contribution is 0.767. The van der Waals surface area contributed by atoms with Crippen LogP contribution in [-0.2, 0) is 13.0 Å². The summed E-state index contributed by atoms with van der Waals surface area (Å²) in [6.07, 6.45) is 12.8. The predicted molar refractivity (Wildman–Crippen MR) is 229 cm³/mol. The molecule has 0 spiro atoms. The van der Waals surface area contributed by atoms with E-state index in [1.54, 1.807) is 0 Å². The van der Waals surface area contributed by atoms with Gasteiger partial charge < -0.3 is 0 Å². The van der Waals surface area contributed by atoms with Crippen molar-refractivity contribution in [1.82, 2.24) is 4.68 Å². The summed E-state index contributed by atoms with van der Waals surface area (Å²) < 4.78 is 2.43. The molecule has 0 N–H and O–H groups in total. The normalized spacial score (nSPS) is 12.3. The zero-order valence-electron chi connectivity index (χ0n) is 30.6. The Balaban J connectivity index is 0.00000214. The van der Waals surface area contributed by atoms with Gasteiger partial charge in [-0.25, -0.2) is 5.01 Å². The van der Waals surface area contributed by atoms with Gasteiger partial charge in [0.2, 0.25) is 0 Å². The Kier molecular flexibility index (Phi) is 11.0. The quantitative estimate of drug-likeness (QED) is 0.131. The zero-order chi connectivity index (χ0) is 36.4. The van der Waals surface area contributed by atoms with Crippen LogP contribution in [0.1, 0.15) is 53.8 Å². The minimum Gasteiger partial charge on any atom is -0.280 e. The Labute approximate surface area is 314 Å². The summed E-state index contributed by atoms with van der Waals surface area (Å²) >= 11 is 0. The molecule has 0 aliphatic heterocycles. The van der Waals surface area contributed by atoms with Gasteiger partial charge in [-0.2, -0.15) is 0 Å². The lowest BCUT2D eigenvalue weighted by atomic mass is 10.0. The maximum Gasteiger partial charge on any atom is 0.0712 e. The largest absolute Gasteiger partial charge is 0.280 e. The van der Waals surface area contributed by atoms with Gasteiger partial charge in [-0.05, 0) is 82.6 Å². The summed E-state index contributed by atoms with van der Waals surface area (Å²) in [7, 11) is 0. The van der Waals surface area contributed by atoms with Crippen molar-refractivity contribution in [3.05, 3.63) is 210 Å². The number of hydrogen-bond donors (Lipinski definition) is 0. The number of anilines is 2. The van der Waals surface area contributed by atoms with E-state index in [1.165, 1.54) is 27.7 Å². The molecule has 0 radical (unpaired) electrons. The number of para-hydroxylation sites is 2. The van der Waals surface area contributed by atoms with Crippen LogP contribution in [0.4, 0.5) is 11.4 Å². The lowest BCUT2D eigenvalue weighted by Gasteiger charge is -2.31. The molecule has 53 heavy (non-hydrogen) atoms. The fraction of sp³-hybridized carbons (Fsp3) is 0.100. The van der Waals surface area contributed by atoms with E-state index in [2.05, 4.69) is 186 Å². The lowest BCUT2D eigenvalue weighted by Crippen LogP contribution is -2.27. The van der Waals surface area contributed by atoms with E-state index in [4.69, 9.17) is 4.99 Å². The van der Waals surface area contributed by atoms with E-state index in [-0.39, 0.29) is 0 Å². The van der Waals surface area contributed by atoms with Crippen LogP contribution in [0.15, 0.2) is 181 Å². The van der Waals surface area contributed by atoms with Gasteiger partial charge in [0.1, 0.15) is 0 Å². The van der Waals surface area contributed by atoms with Crippen LogP contribution < -0.4 is 5.01 Å². The van der Waals surface area contributed by atoms with Gasteiger partial charge >= 0.3 is 0 Å². The predicted octanol–water partition coefficient (Wildman–Crippen LogP) is 13.2. The van der Waals surface area contributed by atoms with Crippen LogP contribution in [0.3, 0.4) is 0 Å². The number of aromatic nitrogens is 1. The molecule has 7 aromatic rings. The van der Waals surface area contributed by atoms with E-state index in [0.717, 1.165) is 57.7 Å². The van der Waals surface area contributed by atoms with Gasteiger partial charge in [-0.15, -0.1) is 0 Å². The Morgan fingerprint density at radius 1 is 0.736 bits per heavy atom. The van der Waals surface area contributed by atoms with Gasteiger partial charge in [-0.3, -0.25) is 9.67 Å². The third-order valence-corrected chi connectivity index (χ3v) is 9.49. The van der Waals surface area contributed by atoms with E-state index in [0.29, 0.717) is 6.54 Å². The van der Waals surface area contributed by atoms with Crippen LogP contribution in [0.5, 0.6) is 0 Å². The average Bonchev–Trinajstić information content (AvgIpc) is 3.57. The van der Waals surface area contributed by atoms with Gasteiger partial charge in [-0.1, -0.05) is 172 Å². The highest BCUT2D eigenvalue weighted by Gasteiger charge is 2.24. The first-order valence-electron chi connectivity index (χ1n) is 18.6. The summed E-state index contributed by atoms with van der Waals surface area (Å²) in [6.45, 7) is 8.82. The Hall–Kier alpha value is -6.45. The third-order valence-electron chi connectivity index (χ3n) is 9.49. The molecule has 0 fully saturated rings. The van der Waals surface area contributed by atoms with Crippen molar-refractivity contribution < 1.29 is 0 Å². The summed E-state index contributed by atoms with van der Waals surface area (Å²) in [5.74, 6) is 0. The molecular formula is C50H45N3. The fourth-order valence-corrected chi connectivity index (χ4v) is 7.02. The molecule has 1 heterocycles.